The number of carbonyl (C=O) groups is 2. The Morgan fingerprint density at radius 2 is 1.85 bits per heavy atom. The summed E-state index contributed by atoms with van der Waals surface area (Å²) in [5, 5.41) is 2.12. The molecule has 1 saturated carbocycles. The Kier molecular flexibility index (Phi) is 8.07. The van der Waals surface area contributed by atoms with Crippen LogP contribution in [0.2, 0.25) is 0 Å². The molecule has 0 spiro atoms. The molecule has 2 aliphatic rings. The van der Waals surface area contributed by atoms with Crippen molar-refractivity contribution in [1.29, 1.82) is 0 Å². The number of unbranched alkanes of at least 4 members (excludes halogenated alkanes) is 4. The minimum atomic E-state index is -0.108. The molecule has 0 bridgehead atoms. The summed E-state index contributed by atoms with van der Waals surface area (Å²) >= 11 is 1.77. The van der Waals surface area contributed by atoms with Gasteiger partial charge in [-0.3, -0.25) is 9.59 Å². The van der Waals surface area contributed by atoms with Crippen LogP contribution in [0.5, 0.6) is 5.75 Å². The lowest BCUT2D eigenvalue weighted by atomic mass is 9.93. The van der Waals surface area contributed by atoms with Gasteiger partial charge in [0.1, 0.15) is 12.3 Å². The highest BCUT2D eigenvalue weighted by atomic mass is 32.1. The van der Waals surface area contributed by atoms with E-state index in [1.807, 2.05) is 21.9 Å². The first-order valence-corrected chi connectivity index (χ1v) is 13.3. The van der Waals surface area contributed by atoms with Crippen molar-refractivity contribution >= 4 is 23.2 Å². The first-order chi connectivity index (χ1) is 16.1. The quantitative estimate of drug-likeness (QED) is 0.404. The molecule has 2 aromatic rings. The summed E-state index contributed by atoms with van der Waals surface area (Å²) in [7, 11) is 1.66. The lowest BCUT2D eigenvalue weighted by Gasteiger charge is -2.37. The fraction of sp³-hybridized carbons (Fsp3) is 0.556. The second kappa shape index (κ2) is 11.2. The number of carbonyl (C=O) groups excluding carboxylic acids is 2. The number of benzene rings is 1. The standard InChI is InChI=1S/C27H36N2O3S/c1-3-4-5-6-7-8-25(30)29(21-11-12-21)19-26(31)28-17-15-24-23(16-18-33-24)27(28)20-9-13-22(32-2)14-10-20/h9-10,13-14,16,18,21,27H,3-8,11-12,15,17,19H2,1-2H3. The molecule has 1 atom stereocenters. The van der Waals surface area contributed by atoms with Gasteiger partial charge in [-0.15, -0.1) is 11.3 Å². The molecule has 33 heavy (non-hydrogen) atoms. The molecular formula is C27H36N2O3S. The van der Waals surface area contributed by atoms with Gasteiger partial charge in [0.05, 0.1) is 13.2 Å². The van der Waals surface area contributed by atoms with Crippen molar-refractivity contribution in [2.24, 2.45) is 0 Å². The summed E-state index contributed by atoms with van der Waals surface area (Å²) < 4.78 is 5.33. The minimum Gasteiger partial charge on any atom is -0.497 e. The Morgan fingerprint density at radius 1 is 1.09 bits per heavy atom. The lowest BCUT2D eigenvalue weighted by molar-refractivity contribution is -0.142. The lowest BCUT2D eigenvalue weighted by Crippen LogP contribution is -2.47. The average Bonchev–Trinajstić information content (AvgIpc) is 3.57. The Balaban J connectivity index is 1.47. The van der Waals surface area contributed by atoms with Gasteiger partial charge in [-0.2, -0.15) is 0 Å². The molecule has 6 heteroatoms. The number of rotatable bonds is 11. The molecule has 1 unspecified atom stereocenters. The Labute approximate surface area is 201 Å². The van der Waals surface area contributed by atoms with Crippen LogP contribution in [0.3, 0.4) is 0 Å². The first kappa shape index (κ1) is 23.8. The van der Waals surface area contributed by atoms with Crippen LogP contribution >= 0.6 is 11.3 Å². The molecule has 0 radical (unpaired) electrons. The van der Waals surface area contributed by atoms with Gasteiger partial charge in [-0.1, -0.05) is 44.7 Å². The third-order valence-corrected chi connectivity index (χ3v) is 7.82. The van der Waals surface area contributed by atoms with E-state index in [0.717, 1.165) is 43.4 Å². The Hall–Kier alpha value is -2.34. The molecule has 4 rings (SSSR count). The molecule has 5 nitrogen and oxygen atoms in total. The molecule has 0 saturated heterocycles. The number of hydrogen-bond acceptors (Lipinski definition) is 4. The van der Waals surface area contributed by atoms with Crippen LogP contribution in [0.15, 0.2) is 35.7 Å². The van der Waals surface area contributed by atoms with Gasteiger partial charge in [0.15, 0.2) is 0 Å². The topological polar surface area (TPSA) is 49.9 Å². The number of hydrogen-bond donors (Lipinski definition) is 0. The smallest absolute Gasteiger partial charge is 0.243 e. The van der Waals surface area contributed by atoms with E-state index in [-0.39, 0.29) is 30.4 Å². The largest absolute Gasteiger partial charge is 0.497 e. The maximum Gasteiger partial charge on any atom is 0.243 e. The predicted molar refractivity (Wildman–Crippen MR) is 133 cm³/mol. The normalized spacial score (nSPS) is 17.5. The third-order valence-electron chi connectivity index (χ3n) is 6.83. The van der Waals surface area contributed by atoms with Crippen LogP contribution < -0.4 is 4.74 Å². The van der Waals surface area contributed by atoms with E-state index in [4.69, 9.17) is 4.74 Å². The molecule has 1 aliphatic carbocycles. The summed E-state index contributed by atoms with van der Waals surface area (Å²) in [5.74, 6) is 1.01. The van der Waals surface area contributed by atoms with Gasteiger partial charge in [-0.25, -0.2) is 0 Å². The Morgan fingerprint density at radius 3 is 2.55 bits per heavy atom. The predicted octanol–water partition coefficient (Wildman–Crippen LogP) is 5.58. The van der Waals surface area contributed by atoms with Gasteiger partial charge >= 0.3 is 0 Å². The third kappa shape index (κ3) is 5.78. The van der Waals surface area contributed by atoms with Crippen molar-refractivity contribution < 1.29 is 14.3 Å². The van der Waals surface area contributed by atoms with Crippen LogP contribution in [0.1, 0.15) is 80.3 Å². The summed E-state index contributed by atoms with van der Waals surface area (Å²) in [6.07, 6.45) is 9.11. The number of amides is 2. The Bertz CT molecular complexity index is 935. The summed E-state index contributed by atoms with van der Waals surface area (Å²) in [4.78, 5) is 31.8. The molecule has 0 N–H and O–H groups in total. The maximum atomic E-state index is 13.6. The van der Waals surface area contributed by atoms with E-state index in [0.29, 0.717) is 13.0 Å². The molecule has 1 aliphatic heterocycles. The molecule has 178 valence electrons. The van der Waals surface area contributed by atoms with Crippen molar-refractivity contribution in [3.8, 4) is 5.75 Å². The highest BCUT2D eigenvalue weighted by Gasteiger charge is 2.37. The van der Waals surface area contributed by atoms with E-state index in [1.165, 1.54) is 29.7 Å². The number of methoxy groups -OCH3 is 1. The molecular weight excluding hydrogens is 432 g/mol. The zero-order chi connectivity index (χ0) is 23.2. The maximum absolute atomic E-state index is 13.6. The van der Waals surface area contributed by atoms with Crippen LogP contribution in [0.4, 0.5) is 0 Å². The fourth-order valence-electron chi connectivity index (χ4n) is 4.80. The highest BCUT2D eigenvalue weighted by molar-refractivity contribution is 7.10. The molecule has 1 fully saturated rings. The molecule has 2 heterocycles. The number of ether oxygens (including phenoxy) is 1. The number of fused-ring (bicyclic) bond motifs is 1. The summed E-state index contributed by atoms with van der Waals surface area (Å²) in [6, 6.07) is 10.3. The monoisotopic (exact) mass is 468 g/mol. The highest BCUT2D eigenvalue weighted by Crippen LogP contribution is 2.38. The minimum absolute atomic E-state index is 0.0545. The average molecular weight is 469 g/mol. The van der Waals surface area contributed by atoms with Crippen molar-refractivity contribution in [3.63, 3.8) is 0 Å². The number of nitrogens with zero attached hydrogens (tertiary/aromatic N) is 2. The summed E-state index contributed by atoms with van der Waals surface area (Å²) in [5.41, 5.74) is 2.30. The van der Waals surface area contributed by atoms with E-state index in [9.17, 15) is 9.59 Å². The van der Waals surface area contributed by atoms with Gasteiger partial charge in [-0.05, 0) is 60.4 Å². The zero-order valence-corrected chi connectivity index (χ0v) is 20.7. The van der Waals surface area contributed by atoms with Crippen molar-refractivity contribution in [2.75, 3.05) is 20.2 Å². The zero-order valence-electron chi connectivity index (χ0n) is 19.9. The van der Waals surface area contributed by atoms with Crippen molar-refractivity contribution in [1.82, 2.24) is 9.80 Å². The molecule has 1 aromatic carbocycles. The van der Waals surface area contributed by atoms with Crippen LogP contribution in [-0.2, 0) is 16.0 Å². The molecule has 1 aromatic heterocycles. The SMILES string of the molecule is CCCCCCCC(=O)N(CC(=O)N1CCc2sccc2C1c1ccc(OC)cc1)C1CC1. The van der Waals surface area contributed by atoms with E-state index in [1.54, 1.807) is 18.4 Å². The van der Waals surface area contributed by atoms with Crippen LogP contribution in [0, 0.1) is 0 Å². The number of thiophene rings is 1. The van der Waals surface area contributed by atoms with Gasteiger partial charge in [0, 0.05) is 23.9 Å². The molecule has 2 amide bonds. The van der Waals surface area contributed by atoms with Crippen molar-refractivity contribution in [3.05, 3.63) is 51.7 Å². The van der Waals surface area contributed by atoms with Crippen LogP contribution in [0.25, 0.3) is 0 Å². The fourth-order valence-corrected chi connectivity index (χ4v) is 5.70. The van der Waals surface area contributed by atoms with E-state index >= 15 is 0 Å². The van der Waals surface area contributed by atoms with Gasteiger partial charge in [0.2, 0.25) is 11.8 Å². The van der Waals surface area contributed by atoms with E-state index < -0.39 is 0 Å². The van der Waals surface area contributed by atoms with Crippen molar-refractivity contribution in [2.45, 2.75) is 76.8 Å². The first-order valence-electron chi connectivity index (χ1n) is 12.4. The summed E-state index contributed by atoms with van der Waals surface area (Å²) in [6.45, 7) is 3.09. The van der Waals surface area contributed by atoms with Gasteiger partial charge < -0.3 is 14.5 Å². The van der Waals surface area contributed by atoms with E-state index in [2.05, 4.69) is 30.5 Å². The second-order valence-corrected chi connectivity index (χ2v) is 10.2. The second-order valence-electron chi connectivity index (χ2n) is 9.23. The van der Waals surface area contributed by atoms with Crippen LogP contribution in [-0.4, -0.2) is 47.9 Å². The van der Waals surface area contributed by atoms with Gasteiger partial charge in [0.25, 0.3) is 0 Å².